The predicted molar refractivity (Wildman–Crippen MR) is 77.2 cm³/mol. The molecule has 0 aliphatic heterocycles. The molecule has 0 saturated carbocycles. The van der Waals surface area contributed by atoms with Gasteiger partial charge in [0.2, 0.25) is 0 Å². The van der Waals surface area contributed by atoms with Crippen molar-refractivity contribution < 1.29 is 4.39 Å². The zero-order valence-corrected chi connectivity index (χ0v) is 12.2. The Bertz CT molecular complexity index is 778. The Morgan fingerprint density at radius 1 is 1.35 bits per heavy atom. The summed E-state index contributed by atoms with van der Waals surface area (Å²) in [5, 5.41) is 4.20. The lowest BCUT2D eigenvalue weighted by Gasteiger charge is -2.05. The number of aryl methyl sites for hydroxylation is 2. The molecule has 0 unspecified atom stereocenters. The highest BCUT2D eigenvalue weighted by atomic mass is 35.5. The molecule has 0 atom stereocenters. The van der Waals surface area contributed by atoms with Crippen LogP contribution in [0.25, 0.3) is 16.7 Å². The van der Waals surface area contributed by atoms with Gasteiger partial charge in [-0.1, -0.05) is 11.6 Å². The number of imidazole rings is 1. The lowest BCUT2D eigenvalue weighted by Crippen LogP contribution is -2.01. The second-order valence-electron chi connectivity index (χ2n) is 4.43. The van der Waals surface area contributed by atoms with Gasteiger partial charge < -0.3 is 0 Å². The van der Waals surface area contributed by atoms with Gasteiger partial charge in [-0.2, -0.15) is 5.10 Å². The molecule has 104 valence electrons. The average molecular weight is 313 g/mol. The van der Waals surface area contributed by atoms with E-state index in [1.807, 2.05) is 17.8 Å². The van der Waals surface area contributed by atoms with Crippen molar-refractivity contribution in [1.82, 2.24) is 19.3 Å². The second-order valence-corrected chi connectivity index (χ2v) is 5.21. The molecule has 0 aliphatic rings. The molecule has 0 N–H and O–H groups in total. The third-order valence-corrected chi connectivity index (χ3v) is 3.51. The van der Waals surface area contributed by atoms with Crippen LogP contribution < -0.4 is 0 Å². The first-order valence-electron chi connectivity index (χ1n) is 6.01. The van der Waals surface area contributed by atoms with Gasteiger partial charge in [-0.3, -0.25) is 9.25 Å². The number of fused-ring (bicyclic) bond motifs is 1. The lowest BCUT2D eigenvalue weighted by atomic mass is 10.3. The van der Waals surface area contributed by atoms with E-state index in [0.717, 1.165) is 11.5 Å². The Balaban J connectivity index is 2.31. The third kappa shape index (κ3) is 2.17. The maximum absolute atomic E-state index is 13.7. The Morgan fingerprint density at radius 3 is 2.80 bits per heavy atom. The summed E-state index contributed by atoms with van der Waals surface area (Å²) in [7, 11) is 1.82. The van der Waals surface area contributed by atoms with E-state index in [1.54, 1.807) is 10.9 Å². The molecular weight excluding hydrogens is 302 g/mol. The first kappa shape index (κ1) is 13.4. The van der Waals surface area contributed by atoms with Crippen molar-refractivity contribution in [1.29, 1.82) is 0 Å². The molecular formula is C13H11Cl2FN4. The highest BCUT2D eigenvalue weighted by Crippen LogP contribution is 2.26. The van der Waals surface area contributed by atoms with Gasteiger partial charge in [0.25, 0.3) is 0 Å². The van der Waals surface area contributed by atoms with Crippen LogP contribution in [0.3, 0.4) is 0 Å². The SMILES string of the molecule is Cn1cc(-n2c(CCCl)nc3cc(Cl)c(F)cc32)cn1. The van der Waals surface area contributed by atoms with Crippen molar-refractivity contribution in [3.05, 3.63) is 41.2 Å². The van der Waals surface area contributed by atoms with Gasteiger partial charge in [0.15, 0.2) is 0 Å². The number of alkyl halides is 1. The molecule has 0 amide bonds. The van der Waals surface area contributed by atoms with Gasteiger partial charge in [-0.15, -0.1) is 11.6 Å². The van der Waals surface area contributed by atoms with Crippen molar-refractivity contribution in [2.75, 3.05) is 5.88 Å². The first-order valence-corrected chi connectivity index (χ1v) is 6.92. The summed E-state index contributed by atoms with van der Waals surface area (Å²) in [5.74, 6) is 0.714. The molecule has 2 aromatic heterocycles. The number of benzene rings is 1. The monoisotopic (exact) mass is 312 g/mol. The Hall–Kier alpha value is -1.59. The van der Waals surface area contributed by atoms with Crippen LogP contribution >= 0.6 is 23.2 Å². The minimum absolute atomic E-state index is 0.0609. The minimum atomic E-state index is -0.471. The molecule has 3 aromatic rings. The summed E-state index contributed by atoms with van der Waals surface area (Å²) in [6.07, 6.45) is 4.11. The molecule has 3 rings (SSSR count). The average Bonchev–Trinajstić information content (AvgIpc) is 2.94. The Labute approximate surface area is 124 Å². The minimum Gasteiger partial charge on any atom is -0.293 e. The molecule has 4 nitrogen and oxygen atoms in total. The molecule has 0 aliphatic carbocycles. The summed E-state index contributed by atoms with van der Waals surface area (Å²) in [6, 6.07) is 2.91. The number of halogens is 3. The number of aromatic nitrogens is 4. The predicted octanol–water partition coefficient (Wildman–Crippen LogP) is 3.33. The van der Waals surface area contributed by atoms with Crippen LogP contribution in [0.5, 0.6) is 0 Å². The standard InChI is InChI=1S/C13H11Cl2FN4/c1-19-7-8(6-17-19)20-12-5-10(16)9(15)4-11(12)18-13(20)2-3-14/h4-7H,2-3H2,1H3. The van der Waals surface area contributed by atoms with Gasteiger partial charge in [0.1, 0.15) is 11.6 Å². The highest BCUT2D eigenvalue weighted by molar-refractivity contribution is 6.31. The highest BCUT2D eigenvalue weighted by Gasteiger charge is 2.15. The largest absolute Gasteiger partial charge is 0.293 e. The zero-order valence-electron chi connectivity index (χ0n) is 10.6. The van der Waals surface area contributed by atoms with Gasteiger partial charge in [0.05, 0.1) is 27.9 Å². The van der Waals surface area contributed by atoms with Crippen molar-refractivity contribution in [2.45, 2.75) is 6.42 Å². The van der Waals surface area contributed by atoms with Crippen LogP contribution in [0.2, 0.25) is 5.02 Å². The fraction of sp³-hybridized carbons (Fsp3) is 0.231. The fourth-order valence-corrected chi connectivity index (χ4v) is 2.51. The van der Waals surface area contributed by atoms with E-state index in [9.17, 15) is 4.39 Å². The van der Waals surface area contributed by atoms with Gasteiger partial charge >= 0.3 is 0 Å². The molecule has 2 heterocycles. The number of rotatable bonds is 3. The van der Waals surface area contributed by atoms with Gasteiger partial charge in [-0.25, -0.2) is 9.37 Å². The summed E-state index contributed by atoms with van der Waals surface area (Å²) in [5.41, 5.74) is 2.11. The molecule has 0 bridgehead atoms. The molecule has 0 radical (unpaired) electrons. The maximum atomic E-state index is 13.7. The summed E-state index contributed by atoms with van der Waals surface area (Å²) in [6.45, 7) is 0. The van der Waals surface area contributed by atoms with E-state index in [1.165, 1.54) is 12.1 Å². The summed E-state index contributed by atoms with van der Waals surface area (Å²) < 4.78 is 17.3. The fourth-order valence-electron chi connectivity index (χ4n) is 2.19. The number of nitrogens with zero attached hydrogens (tertiary/aromatic N) is 4. The quantitative estimate of drug-likeness (QED) is 0.695. The number of hydrogen-bond donors (Lipinski definition) is 0. The Kier molecular flexibility index (Phi) is 3.40. The van der Waals surface area contributed by atoms with E-state index in [-0.39, 0.29) is 5.02 Å². The maximum Gasteiger partial charge on any atom is 0.144 e. The van der Waals surface area contributed by atoms with E-state index in [4.69, 9.17) is 23.2 Å². The van der Waals surface area contributed by atoms with Gasteiger partial charge in [0, 0.05) is 31.6 Å². The van der Waals surface area contributed by atoms with E-state index in [2.05, 4.69) is 10.1 Å². The topological polar surface area (TPSA) is 35.6 Å². The van der Waals surface area contributed by atoms with E-state index < -0.39 is 5.82 Å². The van der Waals surface area contributed by atoms with Crippen molar-refractivity contribution in [2.24, 2.45) is 7.05 Å². The third-order valence-electron chi connectivity index (χ3n) is 3.03. The summed E-state index contributed by atoms with van der Waals surface area (Å²) >= 11 is 11.6. The van der Waals surface area contributed by atoms with Crippen LogP contribution in [-0.4, -0.2) is 25.2 Å². The van der Waals surface area contributed by atoms with E-state index in [0.29, 0.717) is 23.3 Å². The van der Waals surface area contributed by atoms with Crippen LogP contribution in [-0.2, 0) is 13.5 Å². The first-order chi connectivity index (χ1) is 9.60. The molecule has 1 aromatic carbocycles. The van der Waals surface area contributed by atoms with Crippen LogP contribution in [0.15, 0.2) is 24.5 Å². The number of hydrogen-bond acceptors (Lipinski definition) is 2. The van der Waals surface area contributed by atoms with Crippen molar-refractivity contribution in [3.63, 3.8) is 0 Å². The second kappa shape index (κ2) is 5.07. The summed E-state index contributed by atoms with van der Waals surface area (Å²) in [4.78, 5) is 4.48. The van der Waals surface area contributed by atoms with E-state index >= 15 is 0 Å². The molecule has 0 saturated heterocycles. The molecule has 20 heavy (non-hydrogen) atoms. The van der Waals surface area contributed by atoms with Crippen molar-refractivity contribution in [3.8, 4) is 5.69 Å². The van der Waals surface area contributed by atoms with Crippen LogP contribution in [0.1, 0.15) is 5.82 Å². The van der Waals surface area contributed by atoms with Gasteiger partial charge in [-0.05, 0) is 6.07 Å². The molecule has 0 spiro atoms. The molecule has 0 fully saturated rings. The normalized spacial score (nSPS) is 11.4. The van der Waals surface area contributed by atoms with Crippen LogP contribution in [0.4, 0.5) is 4.39 Å². The zero-order chi connectivity index (χ0) is 14.3. The Morgan fingerprint density at radius 2 is 2.15 bits per heavy atom. The van der Waals surface area contributed by atoms with Crippen molar-refractivity contribution >= 4 is 34.2 Å². The smallest absolute Gasteiger partial charge is 0.144 e. The van der Waals surface area contributed by atoms with Crippen LogP contribution in [0, 0.1) is 5.82 Å². The lowest BCUT2D eigenvalue weighted by molar-refractivity contribution is 0.629. The molecule has 7 heteroatoms.